The largest absolute Gasteiger partial charge is 0.441 e. The number of nitrogens with one attached hydrogen (secondary N) is 1. The van der Waals surface area contributed by atoms with E-state index in [0.29, 0.717) is 12.5 Å². The Hall–Kier alpha value is -0.770. The first-order valence-corrected chi connectivity index (χ1v) is 5.25. The number of hydrogen-bond acceptors (Lipinski definition) is 3. The normalized spacial score (nSPS) is 35.4. The molecule has 0 bridgehead atoms. The van der Waals surface area contributed by atoms with Crippen molar-refractivity contribution >= 4 is 6.09 Å². The zero-order chi connectivity index (χ0) is 10.2. The molecule has 0 aromatic heterocycles. The third-order valence-electron chi connectivity index (χ3n) is 3.49. The molecular weight excluding hydrogens is 180 g/mol. The summed E-state index contributed by atoms with van der Waals surface area (Å²) in [6.07, 6.45) is 2.00. The third kappa shape index (κ3) is 1.71. The minimum absolute atomic E-state index is 0.258. The van der Waals surface area contributed by atoms with E-state index in [1.807, 2.05) is 6.92 Å². The Labute approximate surface area is 84.6 Å². The molecule has 0 radical (unpaired) electrons. The first-order valence-electron chi connectivity index (χ1n) is 5.25. The zero-order valence-corrected chi connectivity index (χ0v) is 8.88. The minimum Gasteiger partial charge on any atom is -0.441 e. The highest BCUT2D eigenvalue weighted by atomic mass is 16.6. The molecule has 2 aliphatic rings. The maximum Gasteiger partial charge on any atom is 0.407 e. The minimum atomic E-state index is -0.266. The van der Waals surface area contributed by atoms with Gasteiger partial charge in [0.1, 0.15) is 5.60 Å². The highest BCUT2D eigenvalue weighted by Crippen LogP contribution is 2.32. The van der Waals surface area contributed by atoms with Gasteiger partial charge in [-0.2, -0.15) is 0 Å². The Morgan fingerprint density at radius 3 is 2.64 bits per heavy atom. The van der Waals surface area contributed by atoms with Crippen LogP contribution in [0.5, 0.6) is 0 Å². The molecule has 2 fully saturated rings. The van der Waals surface area contributed by atoms with E-state index in [-0.39, 0.29) is 11.7 Å². The molecule has 1 unspecified atom stereocenters. The Kier molecular flexibility index (Phi) is 2.39. The van der Waals surface area contributed by atoms with Gasteiger partial charge in [0.15, 0.2) is 0 Å². The monoisotopic (exact) mass is 198 g/mol. The van der Waals surface area contributed by atoms with E-state index in [1.165, 1.54) is 0 Å². The summed E-state index contributed by atoms with van der Waals surface area (Å²) in [6.45, 7) is 4.93. The fourth-order valence-corrected chi connectivity index (χ4v) is 2.38. The van der Waals surface area contributed by atoms with Gasteiger partial charge in [0.2, 0.25) is 0 Å². The van der Waals surface area contributed by atoms with Crippen LogP contribution in [-0.2, 0) is 4.74 Å². The average Bonchev–Trinajstić information content (AvgIpc) is 2.48. The van der Waals surface area contributed by atoms with E-state index < -0.39 is 0 Å². The predicted octanol–water partition coefficient (Wildman–Crippen LogP) is 0.827. The lowest BCUT2D eigenvalue weighted by Gasteiger charge is -2.37. The molecular formula is C10H18N2O2. The second kappa shape index (κ2) is 3.42. The van der Waals surface area contributed by atoms with Gasteiger partial charge in [0, 0.05) is 5.92 Å². The molecule has 2 heterocycles. The molecule has 2 saturated heterocycles. The van der Waals surface area contributed by atoms with Crippen LogP contribution in [0.2, 0.25) is 0 Å². The van der Waals surface area contributed by atoms with Crippen LogP contribution in [0.3, 0.4) is 0 Å². The number of amides is 1. The van der Waals surface area contributed by atoms with Crippen LogP contribution >= 0.6 is 0 Å². The smallest absolute Gasteiger partial charge is 0.407 e. The number of carbonyl (C=O) groups is 1. The van der Waals surface area contributed by atoms with Crippen molar-refractivity contribution < 1.29 is 9.53 Å². The maximum absolute atomic E-state index is 11.0. The maximum atomic E-state index is 11.0. The van der Waals surface area contributed by atoms with E-state index in [4.69, 9.17) is 4.74 Å². The van der Waals surface area contributed by atoms with Gasteiger partial charge in [0.05, 0.1) is 6.54 Å². The summed E-state index contributed by atoms with van der Waals surface area (Å²) in [5, 5.41) is 2.74. The number of cyclic esters (lactones) is 1. The Bertz CT molecular complexity index is 236. The fourth-order valence-electron chi connectivity index (χ4n) is 2.38. The third-order valence-corrected chi connectivity index (χ3v) is 3.49. The van der Waals surface area contributed by atoms with Gasteiger partial charge in [-0.05, 0) is 39.9 Å². The summed E-state index contributed by atoms with van der Waals surface area (Å²) in [5.41, 5.74) is -0.266. The number of ether oxygens (including phenoxy) is 1. The van der Waals surface area contributed by atoms with Crippen LogP contribution in [0.25, 0.3) is 0 Å². The van der Waals surface area contributed by atoms with E-state index in [0.717, 1.165) is 25.9 Å². The van der Waals surface area contributed by atoms with Gasteiger partial charge in [-0.25, -0.2) is 4.79 Å². The van der Waals surface area contributed by atoms with Gasteiger partial charge in [0.25, 0.3) is 0 Å². The molecule has 0 saturated carbocycles. The number of nitrogens with zero attached hydrogens (tertiary/aromatic N) is 1. The molecule has 1 N–H and O–H groups in total. The number of rotatable bonds is 1. The van der Waals surface area contributed by atoms with Gasteiger partial charge in [-0.1, -0.05) is 0 Å². The van der Waals surface area contributed by atoms with E-state index in [1.54, 1.807) is 0 Å². The van der Waals surface area contributed by atoms with Gasteiger partial charge in [-0.15, -0.1) is 0 Å². The number of alkyl carbamates (subject to hydrolysis) is 1. The molecule has 4 heteroatoms. The van der Waals surface area contributed by atoms with Gasteiger partial charge in [-0.3, -0.25) is 0 Å². The van der Waals surface area contributed by atoms with Crippen LogP contribution in [0, 0.1) is 5.92 Å². The van der Waals surface area contributed by atoms with E-state index >= 15 is 0 Å². The molecule has 0 spiro atoms. The Morgan fingerprint density at radius 2 is 2.14 bits per heavy atom. The molecule has 0 aliphatic carbocycles. The SMILES string of the molecule is CN1CCC(C2(C)CNC(=O)O2)CC1. The molecule has 14 heavy (non-hydrogen) atoms. The van der Waals surface area contributed by atoms with Crippen LogP contribution in [-0.4, -0.2) is 43.3 Å². The molecule has 4 nitrogen and oxygen atoms in total. The quantitative estimate of drug-likeness (QED) is 0.678. The van der Waals surface area contributed by atoms with Crippen molar-refractivity contribution in [2.75, 3.05) is 26.7 Å². The number of carbonyl (C=O) groups excluding carboxylic acids is 1. The van der Waals surface area contributed by atoms with Crippen LogP contribution < -0.4 is 5.32 Å². The summed E-state index contributed by atoms with van der Waals surface area (Å²) < 4.78 is 5.35. The molecule has 2 rings (SSSR count). The lowest BCUT2D eigenvalue weighted by molar-refractivity contribution is -0.00263. The van der Waals surface area contributed by atoms with Crippen molar-refractivity contribution in [2.24, 2.45) is 5.92 Å². The van der Waals surface area contributed by atoms with Crippen molar-refractivity contribution in [3.05, 3.63) is 0 Å². The molecule has 0 aromatic carbocycles. The summed E-state index contributed by atoms with van der Waals surface area (Å²) in [7, 11) is 2.14. The Morgan fingerprint density at radius 1 is 1.50 bits per heavy atom. The zero-order valence-electron chi connectivity index (χ0n) is 8.88. The van der Waals surface area contributed by atoms with E-state index in [9.17, 15) is 4.79 Å². The number of hydrogen-bond donors (Lipinski definition) is 1. The topological polar surface area (TPSA) is 41.6 Å². The molecule has 1 amide bonds. The van der Waals surface area contributed by atoms with Crippen molar-refractivity contribution in [3.63, 3.8) is 0 Å². The second-order valence-electron chi connectivity index (χ2n) is 4.63. The number of piperidine rings is 1. The predicted molar refractivity (Wildman–Crippen MR) is 53.1 cm³/mol. The second-order valence-corrected chi connectivity index (χ2v) is 4.63. The summed E-state index contributed by atoms with van der Waals surface area (Å²) in [4.78, 5) is 13.3. The first-order chi connectivity index (χ1) is 6.60. The summed E-state index contributed by atoms with van der Waals surface area (Å²) in [6, 6.07) is 0. The highest BCUT2D eigenvalue weighted by Gasteiger charge is 2.43. The van der Waals surface area contributed by atoms with Crippen LogP contribution in [0.1, 0.15) is 19.8 Å². The van der Waals surface area contributed by atoms with Crippen molar-refractivity contribution in [2.45, 2.75) is 25.4 Å². The lowest BCUT2D eigenvalue weighted by Crippen LogP contribution is -2.44. The highest BCUT2D eigenvalue weighted by molar-refractivity contribution is 5.70. The molecule has 2 aliphatic heterocycles. The first kappa shape index (κ1) is 9.77. The van der Waals surface area contributed by atoms with Crippen LogP contribution in [0.4, 0.5) is 4.79 Å². The Balaban J connectivity index is 1.97. The van der Waals surface area contributed by atoms with Gasteiger partial charge >= 0.3 is 6.09 Å². The summed E-state index contributed by atoms with van der Waals surface area (Å²) >= 11 is 0. The van der Waals surface area contributed by atoms with E-state index in [2.05, 4.69) is 17.3 Å². The summed E-state index contributed by atoms with van der Waals surface area (Å²) in [5.74, 6) is 0.512. The fraction of sp³-hybridized carbons (Fsp3) is 0.900. The standard InChI is InChI=1S/C10H18N2O2/c1-10(7-11-9(13)14-10)8-3-5-12(2)6-4-8/h8H,3-7H2,1-2H3,(H,11,13). The van der Waals surface area contributed by atoms with Gasteiger partial charge < -0.3 is 15.0 Å². The molecule has 1 atom stereocenters. The number of likely N-dealkylation sites (tertiary alicyclic amines) is 1. The van der Waals surface area contributed by atoms with Crippen LogP contribution in [0.15, 0.2) is 0 Å². The van der Waals surface area contributed by atoms with Crippen molar-refractivity contribution in [1.29, 1.82) is 0 Å². The molecule has 80 valence electrons. The van der Waals surface area contributed by atoms with Crippen molar-refractivity contribution in [1.82, 2.24) is 10.2 Å². The lowest BCUT2D eigenvalue weighted by atomic mass is 9.82. The van der Waals surface area contributed by atoms with Crippen molar-refractivity contribution in [3.8, 4) is 0 Å². The molecule has 0 aromatic rings. The average molecular weight is 198 g/mol.